The Morgan fingerprint density at radius 3 is 2.56 bits per heavy atom. The number of carbonyl (C=O) groups excluding carboxylic acids is 1. The van der Waals surface area contributed by atoms with Crippen molar-refractivity contribution < 1.29 is 14.3 Å². The van der Waals surface area contributed by atoms with E-state index in [-0.39, 0.29) is 30.6 Å². The van der Waals surface area contributed by atoms with Crippen molar-refractivity contribution in [3.63, 3.8) is 0 Å². The number of hydrogen-bond acceptors (Lipinski definition) is 3. The number of rotatable bonds is 3. The molecule has 1 aromatic carbocycles. The third-order valence-electron chi connectivity index (χ3n) is 2.59. The number of halogens is 1. The third-order valence-corrected chi connectivity index (χ3v) is 2.59. The normalized spacial score (nSPS) is 18.6. The molecule has 4 nitrogen and oxygen atoms in total. The molecule has 2 rings (SSSR count). The summed E-state index contributed by atoms with van der Waals surface area (Å²) in [5.74, 6) is 0.849. The molecule has 0 aromatic heterocycles. The van der Waals surface area contributed by atoms with Gasteiger partial charge in [0, 0.05) is 6.42 Å². The monoisotopic (exact) mass is 271 g/mol. The minimum Gasteiger partial charge on any atom is -0.491 e. The van der Waals surface area contributed by atoms with Gasteiger partial charge < -0.3 is 14.8 Å². The molecule has 1 aliphatic rings. The lowest BCUT2D eigenvalue weighted by atomic mass is 10.0. The molecule has 18 heavy (non-hydrogen) atoms. The predicted octanol–water partition coefficient (Wildman–Crippen LogP) is 3.07. The summed E-state index contributed by atoms with van der Waals surface area (Å²) in [7, 11) is 0. The molecule has 1 aromatic rings. The Labute approximate surface area is 113 Å². The zero-order valence-electron chi connectivity index (χ0n) is 10.5. The Morgan fingerprint density at radius 2 is 2.00 bits per heavy atom. The fourth-order valence-corrected chi connectivity index (χ4v) is 1.83. The molecule has 0 aliphatic carbocycles. The number of ether oxygens (including phenoxy) is 2. The molecule has 1 amide bonds. The lowest BCUT2D eigenvalue weighted by molar-refractivity contribution is 0.115. The van der Waals surface area contributed by atoms with Crippen LogP contribution in [0, 0.1) is 0 Å². The topological polar surface area (TPSA) is 47.6 Å². The van der Waals surface area contributed by atoms with Gasteiger partial charge in [0.1, 0.15) is 5.75 Å². The highest BCUT2D eigenvalue weighted by Crippen LogP contribution is 2.23. The summed E-state index contributed by atoms with van der Waals surface area (Å²) in [5, 5.41) is 2.79. The van der Waals surface area contributed by atoms with E-state index in [0.717, 1.165) is 17.7 Å². The Morgan fingerprint density at radius 1 is 1.33 bits per heavy atom. The maximum absolute atomic E-state index is 11.1. The first-order valence-electron chi connectivity index (χ1n) is 5.85. The lowest BCUT2D eigenvalue weighted by Crippen LogP contribution is -2.35. The number of cyclic esters (lactones) is 1. The molecule has 1 aliphatic heterocycles. The van der Waals surface area contributed by atoms with Crippen LogP contribution in [-0.4, -0.2) is 18.8 Å². The van der Waals surface area contributed by atoms with Crippen molar-refractivity contribution in [2.24, 2.45) is 0 Å². The van der Waals surface area contributed by atoms with Crippen LogP contribution in [0.25, 0.3) is 0 Å². The molecule has 0 spiro atoms. The van der Waals surface area contributed by atoms with E-state index in [1.807, 2.05) is 38.1 Å². The molecule has 1 fully saturated rings. The van der Waals surface area contributed by atoms with E-state index in [1.165, 1.54) is 0 Å². The molecule has 0 radical (unpaired) electrons. The zero-order chi connectivity index (χ0) is 12.3. The van der Waals surface area contributed by atoms with E-state index in [1.54, 1.807) is 0 Å². The van der Waals surface area contributed by atoms with Crippen molar-refractivity contribution in [1.82, 2.24) is 5.32 Å². The Kier molecular flexibility index (Phi) is 5.28. The quantitative estimate of drug-likeness (QED) is 0.919. The van der Waals surface area contributed by atoms with E-state index in [2.05, 4.69) is 5.32 Å². The zero-order valence-corrected chi connectivity index (χ0v) is 11.3. The minimum atomic E-state index is -0.344. The van der Waals surface area contributed by atoms with Crippen LogP contribution in [-0.2, 0) is 4.74 Å². The highest BCUT2D eigenvalue weighted by atomic mass is 35.5. The summed E-state index contributed by atoms with van der Waals surface area (Å²) in [6.07, 6.45) is 0.628. The second-order valence-electron chi connectivity index (χ2n) is 4.36. The first kappa shape index (κ1) is 14.6. The van der Waals surface area contributed by atoms with Gasteiger partial charge in [0.05, 0.1) is 18.8 Å². The molecule has 0 unspecified atom stereocenters. The lowest BCUT2D eigenvalue weighted by Gasteiger charge is -2.23. The van der Waals surface area contributed by atoms with Crippen molar-refractivity contribution in [2.45, 2.75) is 32.4 Å². The number of carbonyl (C=O) groups is 1. The summed E-state index contributed by atoms with van der Waals surface area (Å²) in [4.78, 5) is 11.1. The van der Waals surface area contributed by atoms with E-state index >= 15 is 0 Å². The van der Waals surface area contributed by atoms with Gasteiger partial charge in [0.15, 0.2) is 0 Å². The molecular weight excluding hydrogens is 254 g/mol. The summed E-state index contributed by atoms with van der Waals surface area (Å²) in [6.45, 7) is 4.46. The van der Waals surface area contributed by atoms with Crippen LogP contribution in [0.5, 0.6) is 5.75 Å². The Bertz CT molecular complexity index is 392. The maximum atomic E-state index is 11.1. The standard InChI is InChI=1S/C13H17NO3.ClH/c1-9(2)17-11-5-3-10(4-6-11)12-7-8-16-13(15)14-12;/h3-6,9,12H,7-8H2,1-2H3,(H,14,15);1H/t12-;/m0./s1. The minimum absolute atomic E-state index is 0. The van der Waals surface area contributed by atoms with E-state index in [4.69, 9.17) is 9.47 Å². The Hall–Kier alpha value is -1.42. The summed E-state index contributed by atoms with van der Waals surface area (Å²) in [6, 6.07) is 7.86. The fourth-order valence-electron chi connectivity index (χ4n) is 1.83. The third kappa shape index (κ3) is 3.81. The number of amides is 1. The summed E-state index contributed by atoms with van der Waals surface area (Å²) >= 11 is 0. The molecule has 100 valence electrons. The average molecular weight is 272 g/mol. The smallest absolute Gasteiger partial charge is 0.407 e. The van der Waals surface area contributed by atoms with Crippen molar-refractivity contribution in [3.8, 4) is 5.75 Å². The largest absolute Gasteiger partial charge is 0.491 e. The molecular formula is C13H18ClNO3. The first-order chi connectivity index (χ1) is 8.15. The van der Waals surface area contributed by atoms with E-state index < -0.39 is 0 Å². The molecule has 1 N–H and O–H groups in total. The van der Waals surface area contributed by atoms with Crippen LogP contribution in [0.15, 0.2) is 24.3 Å². The van der Waals surface area contributed by atoms with Gasteiger partial charge in [-0.05, 0) is 31.5 Å². The highest BCUT2D eigenvalue weighted by molar-refractivity contribution is 5.85. The van der Waals surface area contributed by atoms with Gasteiger partial charge in [0.25, 0.3) is 0 Å². The molecule has 1 heterocycles. The van der Waals surface area contributed by atoms with Gasteiger partial charge in [-0.25, -0.2) is 4.79 Å². The molecule has 0 saturated carbocycles. The van der Waals surface area contributed by atoms with Crippen LogP contribution in [0.1, 0.15) is 31.9 Å². The van der Waals surface area contributed by atoms with Crippen molar-refractivity contribution >= 4 is 18.5 Å². The SMILES string of the molecule is CC(C)Oc1ccc([C@@H]2CCOC(=O)N2)cc1.Cl. The van der Waals surface area contributed by atoms with Crippen LogP contribution >= 0.6 is 12.4 Å². The van der Waals surface area contributed by atoms with Crippen molar-refractivity contribution in [3.05, 3.63) is 29.8 Å². The maximum Gasteiger partial charge on any atom is 0.407 e. The summed E-state index contributed by atoms with van der Waals surface area (Å²) in [5.41, 5.74) is 1.08. The van der Waals surface area contributed by atoms with Gasteiger partial charge in [-0.3, -0.25) is 0 Å². The average Bonchev–Trinajstić information content (AvgIpc) is 2.29. The second kappa shape index (κ2) is 6.50. The Balaban J connectivity index is 0.00000162. The first-order valence-corrected chi connectivity index (χ1v) is 5.85. The number of benzene rings is 1. The van der Waals surface area contributed by atoms with Gasteiger partial charge in [-0.2, -0.15) is 0 Å². The molecule has 5 heteroatoms. The van der Waals surface area contributed by atoms with Crippen molar-refractivity contribution in [1.29, 1.82) is 0 Å². The highest BCUT2D eigenvalue weighted by Gasteiger charge is 2.20. The van der Waals surface area contributed by atoms with Gasteiger partial charge >= 0.3 is 6.09 Å². The summed E-state index contributed by atoms with van der Waals surface area (Å²) < 4.78 is 10.4. The van der Waals surface area contributed by atoms with Crippen LogP contribution < -0.4 is 10.1 Å². The van der Waals surface area contributed by atoms with Gasteiger partial charge in [-0.15, -0.1) is 12.4 Å². The fraction of sp³-hybridized carbons (Fsp3) is 0.462. The number of alkyl carbamates (subject to hydrolysis) is 1. The van der Waals surface area contributed by atoms with E-state index in [9.17, 15) is 4.79 Å². The van der Waals surface area contributed by atoms with E-state index in [0.29, 0.717) is 6.61 Å². The predicted molar refractivity (Wildman–Crippen MR) is 71.3 cm³/mol. The van der Waals surface area contributed by atoms with Gasteiger partial charge in [-0.1, -0.05) is 12.1 Å². The second-order valence-corrected chi connectivity index (χ2v) is 4.36. The van der Waals surface area contributed by atoms with Crippen LogP contribution in [0.2, 0.25) is 0 Å². The van der Waals surface area contributed by atoms with Crippen LogP contribution in [0.4, 0.5) is 4.79 Å². The van der Waals surface area contributed by atoms with Crippen molar-refractivity contribution in [2.75, 3.05) is 6.61 Å². The number of nitrogens with one attached hydrogen (secondary N) is 1. The molecule has 1 saturated heterocycles. The molecule has 1 atom stereocenters. The van der Waals surface area contributed by atoms with Crippen LogP contribution in [0.3, 0.4) is 0 Å². The molecule has 0 bridgehead atoms. The van der Waals surface area contributed by atoms with Gasteiger partial charge in [0.2, 0.25) is 0 Å². The number of hydrogen-bond donors (Lipinski definition) is 1.